The number of amides is 1. The van der Waals surface area contributed by atoms with Gasteiger partial charge in [0.2, 0.25) is 6.79 Å². The van der Waals surface area contributed by atoms with Gasteiger partial charge >= 0.3 is 0 Å². The van der Waals surface area contributed by atoms with Gasteiger partial charge in [0.05, 0.1) is 0 Å². The number of hydrogen-bond acceptors (Lipinski definition) is 4. The van der Waals surface area contributed by atoms with Crippen molar-refractivity contribution in [3.8, 4) is 17.2 Å². The van der Waals surface area contributed by atoms with Crippen LogP contribution in [0.2, 0.25) is 0 Å². The summed E-state index contributed by atoms with van der Waals surface area (Å²) in [7, 11) is 0. The van der Waals surface area contributed by atoms with Crippen molar-refractivity contribution in [3.63, 3.8) is 0 Å². The van der Waals surface area contributed by atoms with E-state index in [1.165, 1.54) is 5.56 Å². The van der Waals surface area contributed by atoms with E-state index in [2.05, 4.69) is 40.0 Å². The number of carbonyl (C=O) groups is 1. The fraction of sp³-hybridized carbons (Fsp3) is 0.273. The number of benzene rings is 2. The van der Waals surface area contributed by atoms with E-state index in [-0.39, 0.29) is 18.6 Å². The van der Waals surface area contributed by atoms with Crippen LogP contribution in [0.3, 0.4) is 0 Å². The van der Waals surface area contributed by atoms with Gasteiger partial charge in [-0.25, -0.2) is 4.98 Å². The zero-order valence-electron chi connectivity index (χ0n) is 15.6. The number of rotatable bonds is 4. The van der Waals surface area contributed by atoms with Gasteiger partial charge in [-0.05, 0) is 48.2 Å². The van der Waals surface area contributed by atoms with Gasteiger partial charge in [0, 0.05) is 36.1 Å². The molecule has 0 saturated carbocycles. The first-order valence-electron chi connectivity index (χ1n) is 9.52. The lowest BCUT2D eigenvalue weighted by molar-refractivity contribution is 0.0946. The molecule has 2 aliphatic rings. The molecular formula is C22H21N3O3. The Bertz CT molecular complexity index is 1060. The number of imidazole rings is 1. The van der Waals surface area contributed by atoms with Crippen LogP contribution < -0.4 is 14.8 Å². The van der Waals surface area contributed by atoms with Crippen LogP contribution in [0.25, 0.3) is 5.69 Å². The van der Waals surface area contributed by atoms with Gasteiger partial charge in [-0.15, -0.1) is 0 Å². The van der Waals surface area contributed by atoms with E-state index in [0.29, 0.717) is 6.54 Å². The Morgan fingerprint density at radius 1 is 1.18 bits per heavy atom. The lowest BCUT2D eigenvalue weighted by Gasteiger charge is -2.19. The van der Waals surface area contributed by atoms with Crippen molar-refractivity contribution in [2.75, 3.05) is 13.3 Å². The molecule has 3 heterocycles. The second kappa shape index (κ2) is 6.71. The van der Waals surface area contributed by atoms with Crippen LogP contribution in [-0.2, 0) is 12.8 Å². The summed E-state index contributed by atoms with van der Waals surface area (Å²) in [6.07, 6.45) is 5.47. The van der Waals surface area contributed by atoms with Crippen LogP contribution in [0.4, 0.5) is 0 Å². The van der Waals surface area contributed by atoms with Crippen LogP contribution in [-0.4, -0.2) is 28.8 Å². The molecule has 0 spiro atoms. The Morgan fingerprint density at radius 2 is 2.07 bits per heavy atom. The number of nitrogens with zero attached hydrogens (tertiary/aromatic N) is 2. The Hall–Kier alpha value is -3.28. The van der Waals surface area contributed by atoms with E-state index >= 15 is 0 Å². The molecule has 0 radical (unpaired) electrons. The molecule has 1 aromatic heterocycles. The summed E-state index contributed by atoms with van der Waals surface area (Å²) in [6.45, 7) is 3.15. The zero-order chi connectivity index (χ0) is 19.1. The van der Waals surface area contributed by atoms with E-state index in [1.54, 1.807) is 0 Å². The molecule has 0 aliphatic carbocycles. The van der Waals surface area contributed by atoms with Crippen LogP contribution in [0.15, 0.2) is 48.8 Å². The molecule has 1 N–H and O–H groups in total. The molecule has 5 rings (SSSR count). The molecule has 2 aliphatic heterocycles. The average molecular weight is 375 g/mol. The predicted molar refractivity (Wildman–Crippen MR) is 104 cm³/mol. The van der Waals surface area contributed by atoms with Crippen molar-refractivity contribution in [2.45, 2.75) is 25.7 Å². The molecule has 6 nitrogen and oxygen atoms in total. The summed E-state index contributed by atoms with van der Waals surface area (Å²) in [5.74, 6) is 2.76. The van der Waals surface area contributed by atoms with E-state index in [9.17, 15) is 4.79 Å². The Morgan fingerprint density at radius 3 is 3.00 bits per heavy atom. The first-order chi connectivity index (χ1) is 13.7. The molecule has 28 heavy (non-hydrogen) atoms. The Labute approximate surface area is 163 Å². The van der Waals surface area contributed by atoms with Crippen molar-refractivity contribution in [1.82, 2.24) is 14.9 Å². The summed E-state index contributed by atoms with van der Waals surface area (Å²) in [5.41, 5.74) is 3.99. The maximum atomic E-state index is 12.2. The maximum absolute atomic E-state index is 12.2. The Kier molecular flexibility index (Phi) is 4.04. The molecule has 142 valence electrons. The lowest BCUT2D eigenvalue weighted by atomic mass is 9.98. The Balaban J connectivity index is 1.43. The third kappa shape index (κ3) is 2.91. The summed E-state index contributed by atoms with van der Waals surface area (Å²) in [5, 5.41) is 2.92. The highest BCUT2D eigenvalue weighted by Crippen LogP contribution is 2.34. The fourth-order valence-electron chi connectivity index (χ4n) is 3.96. The summed E-state index contributed by atoms with van der Waals surface area (Å²) < 4.78 is 12.9. The minimum Gasteiger partial charge on any atom is -0.454 e. The van der Waals surface area contributed by atoms with Crippen molar-refractivity contribution in [2.24, 2.45) is 0 Å². The highest BCUT2D eigenvalue weighted by molar-refractivity contribution is 5.97. The van der Waals surface area contributed by atoms with E-state index in [1.807, 2.05) is 30.6 Å². The average Bonchev–Trinajstić information content (AvgIpc) is 3.37. The summed E-state index contributed by atoms with van der Waals surface area (Å²) >= 11 is 0. The van der Waals surface area contributed by atoms with Gasteiger partial charge in [-0.1, -0.05) is 19.1 Å². The molecule has 2 aromatic carbocycles. The first kappa shape index (κ1) is 16.9. The zero-order valence-corrected chi connectivity index (χ0v) is 15.6. The normalized spacial score (nSPS) is 15.8. The van der Waals surface area contributed by atoms with Gasteiger partial charge in [-0.3, -0.25) is 4.79 Å². The smallest absolute Gasteiger partial charge is 0.251 e. The van der Waals surface area contributed by atoms with Gasteiger partial charge in [0.1, 0.15) is 5.82 Å². The quantitative estimate of drug-likeness (QED) is 0.760. The van der Waals surface area contributed by atoms with Crippen molar-refractivity contribution >= 4 is 5.91 Å². The molecule has 1 unspecified atom stereocenters. The SMILES string of the molecule is CC(Cc1ccc2c(c1)OCO2)c1nccn1-c1ccc2c(c1)C(=O)NCC2. The third-order valence-electron chi connectivity index (χ3n) is 5.39. The number of aromatic nitrogens is 2. The molecule has 1 atom stereocenters. The molecule has 0 bridgehead atoms. The van der Waals surface area contributed by atoms with Crippen molar-refractivity contribution in [1.29, 1.82) is 0 Å². The maximum Gasteiger partial charge on any atom is 0.251 e. The van der Waals surface area contributed by atoms with Crippen LogP contribution in [0, 0.1) is 0 Å². The molecule has 0 saturated heterocycles. The predicted octanol–water partition coefficient (Wildman–Crippen LogP) is 3.23. The second-order valence-corrected chi connectivity index (χ2v) is 7.30. The number of fused-ring (bicyclic) bond motifs is 2. The standard InChI is InChI=1S/C22H21N3O3/c1-14(10-15-2-5-19-20(11-15)28-13-27-19)21-23-8-9-25(21)17-4-3-16-6-7-24-22(26)18(16)12-17/h2-5,8-9,11-12,14H,6-7,10,13H2,1H3,(H,24,26). The highest BCUT2D eigenvalue weighted by atomic mass is 16.7. The number of ether oxygens (including phenoxy) is 2. The van der Waals surface area contributed by atoms with E-state index < -0.39 is 0 Å². The van der Waals surface area contributed by atoms with E-state index in [0.717, 1.165) is 47.0 Å². The lowest BCUT2D eigenvalue weighted by Crippen LogP contribution is -2.31. The summed E-state index contributed by atoms with van der Waals surface area (Å²) in [4.78, 5) is 16.8. The largest absolute Gasteiger partial charge is 0.454 e. The van der Waals surface area contributed by atoms with Gasteiger partial charge < -0.3 is 19.4 Å². The first-order valence-corrected chi connectivity index (χ1v) is 9.52. The van der Waals surface area contributed by atoms with Crippen molar-refractivity contribution < 1.29 is 14.3 Å². The van der Waals surface area contributed by atoms with E-state index in [4.69, 9.17) is 9.47 Å². The van der Waals surface area contributed by atoms with Crippen LogP contribution in [0.1, 0.15) is 40.2 Å². The minimum absolute atomic E-state index is 0.00169. The number of carbonyl (C=O) groups excluding carboxylic acids is 1. The van der Waals surface area contributed by atoms with Crippen LogP contribution >= 0.6 is 0 Å². The second-order valence-electron chi connectivity index (χ2n) is 7.30. The molecular weight excluding hydrogens is 354 g/mol. The molecule has 6 heteroatoms. The van der Waals surface area contributed by atoms with Gasteiger partial charge in [-0.2, -0.15) is 0 Å². The third-order valence-corrected chi connectivity index (χ3v) is 5.39. The fourth-order valence-corrected chi connectivity index (χ4v) is 3.96. The van der Waals surface area contributed by atoms with Crippen LogP contribution in [0.5, 0.6) is 11.5 Å². The molecule has 0 fully saturated rings. The van der Waals surface area contributed by atoms with Crippen molar-refractivity contribution in [3.05, 3.63) is 71.3 Å². The number of nitrogens with one attached hydrogen (secondary N) is 1. The highest BCUT2D eigenvalue weighted by Gasteiger charge is 2.20. The topological polar surface area (TPSA) is 65.4 Å². The molecule has 1 amide bonds. The van der Waals surface area contributed by atoms with Gasteiger partial charge in [0.25, 0.3) is 5.91 Å². The molecule has 3 aromatic rings. The number of hydrogen-bond donors (Lipinski definition) is 1. The van der Waals surface area contributed by atoms with Gasteiger partial charge in [0.15, 0.2) is 11.5 Å². The summed E-state index contributed by atoms with van der Waals surface area (Å²) in [6, 6.07) is 12.1. The monoisotopic (exact) mass is 375 g/mol. The minimum atomic E-state index is -0.00169.